The summed E-state index contributed by atoms with van der Waals surface area (Å²) >= 11 is 0. The van der Waals surface area contributed by atoms with Crippen LogP contribution in [0.1, 0.15) is 44.2 Å². The van der Waals surface area contributed by atoms with Gasteiger partial charge < -0.3 is 9.84 Å². The second-order valence-electron chi connectivity index (χ2n) is 6.39. The van der Waals surface area contributed by atoms with Gasteiger partial charge in [-0.05, 0) is 44.9 Å². The molecule has 134 valence electrons. The van der Waals surface area contributed by atoms with E-state index in [2.05, 4.69) is 5.32 Å². The highest BCUT2D eigenvalue weighted by molar-refractivity contribution is 5.86. The van der Waals surface area contributed by atoms with Gasteiger partial charge in [-0.15, -0.1) is 0 Å². The van der Waals surface area contributed by atoms with Crippen molar-refractivity contribution < 1.29 is 32.6 Å². The van der Waals surface area contributed by atoms with Crippen LogP contribution < -0.4 is 5.32 Å². The summed E-state index contributed by atoms with van der Waals surface area (Å²) in [4.78, 5) is 22.5. The lowest BCUT2D eigenvalue weighted by Gasteiger charge is -2.22. The molecular weight excluding hydrogens is 327 g/mol. The third-order valence-corrected chi connectivity index (χ3v) is 3.07. The van der Waals surface area contributed by atoms with E-state index >= 15 is 0 Å². The Balaban J connectivity index is 3.11. The maximum atomic E-state index is 13.1. The van der Waals surface area contributed by atoms with Gasteiger partial charge in [-0.3, -0.25) is 10.1 Å². The van der Waals surface area contributed by atoms with Gasteiger partial charge in [0.15, 0.2) is 0 Å². The first kappa shape index (κ1) is 19.8. The summed E-state index contributed by atoms with van der Waals surface area (Å²) in [6.45, 7) is 6.57. The van der Waals surface area contributed by atoms with Gasteiger partial charge in [0.05, 0.1) is 12.3 Å². The number of benzene rings is 1. The molecule has 5 nitrogen and oxygen atoms in total. The van der Waals surface area contributed by atoms with E-state index in [-0.39, 0.29) is 11.3 Å². The SMILES string of the molecule is Cc1ccc(C(CC(=O)O)C(F)(F)F)cc1NC(=O)OC(C)(C)C. The zero-order chi connectivity index (χ0) is 18.7. The van der Waals surface area contributed by atoms with Crippen LogP contribution in [0.15, 0.2) is 18.2 Å². The first-order chi connectivity index (χ1) is 10.8. The van der Waals surface area contributed by atoms with Gasteiger partial charge in [0.25, 0.3) is 0 Å². The van der Waals surface area contributed by atoms with E-state index in [1.54, 1.807) is 27.7 Å². The Morgan fingerprint density at radius 2 is 1.83 bits per heavy atom. The van der Waals surface area contributed by atoms with E-state index in [0.29, 0.717) is 5.56 Å². The summed E-state index contributed by atoms with van der Waals surface area (Å²) in [5.74, 6) is -3.71. The van der Waals surface area contributed by atoms with Crippen molar-refractivity contribution in [1.82, 2.24) is 0 Å². The van der Waals surface area contributed by atoms with Gasteiger partial charge in [-0.1, -0.05) is 12.1 Å². The molecule has 0 aliphatic carbocycles. The quantitative estimate of drug-likeness (QED) is 0.843. The Morgan fingerprint density at radius 3 is 2.29 bits per heavy atom. The van der Waals surface area contributed by atoms with Gasteiger partial charge in [0, 0.05) is 5.69 Å². The summed E-state index contributed by atoms with van der Waals surface area (Å²) < 4.78 is 44.4. The number of rotatable bonds is 4. The van der Waals surface area contributed by atoms with E-state index in [0.717, 1.165) is 6.07 Å². The predicted octanol–water partition coefficient (Wildman–Crippen LogP) is 4.46. The highest BCUT2D eigenvalue weighted by Crippen LogP contribution is 2.38. The van der Waals surface area contributed by atoms with Crippen molar-refractivity contribution in [2.45, 2.75) is 51.8 Å². The van der Waals surface area contributed by atoms with E-state index < -0.39 is 36.2 Å². The largest absolute Gasteiger partial charge is 0.481 e. The molecule has 0 aliphatic heterocycles. The van der Waals surface area contributed by atoms with Crippen molar-refractivity contribution in [1.29, 1.82) is 0 Å². The molecule has 0 aromatic heterocycles. The fourth-order valence-electron chi connectivity index (χ4n) is 2.00. The maximum Gasteiger partial charge on any atom is 0.412 e. The van der Waals surface area contributed by atoms with Gasteiger partial charge in [0.1, 0.15) is 5.60 Å². The number of halogens is 3. The number of ether oxygens (including phenoxy) is 1. The summed E-state index contributed by atoms with van der Waals surface area (Å²) in [6.07, 6.45) is -6.60. The smallest absolute Gasteiger partial charge is 0.412 e. The van der Waals surface area contributed by atoms with Crippen molar-refractivity contribution in [3.8, 4) is 0 Å². The number of hydrogen-bond donors (Lipinski definition) is 2. The first-order valence-electron chi connectivity index (χ1n) is 7.18. The second-order valence-corrected chi connectivity index (χ2v) is 6.39. The fourth-order valence-corrected chi connectivity index (χ4v) is 2.00. The Bertz CT molecular complexity index is 621. The third-order valence-electron chi connectivity index (χ3n) is 3.07. The lowest BCUT2D eigenvalue weighted by Crippen LogP contribution is -2.27. The molecule has 1 rings (SSSR count). The average molecular weight is 347 g/mol. The average Bonchev–Trinajstić information content (AvgIpc) is 2.35. The minimum absolute atomic E-state index is 0.140. The standard InChI is InChI=1S/C16H20F3NO4/c1-9-5-6-10(11(8-13(21)22)16(17,18)19)7-12(9)20-14(23)24-15(2,3)4/h5-7,11H,8H2,1-4H3,(H,20,23)(H,21,22). The zero-order valence-electron chi connectivity index (χ0n) is 13.8. The van der Waals surface area contributed by atoms with Crippen LogP contribution in [-0.2, 0) is 9.53 Å². The summed E-state index contributed by atoms with van der Waals surface area (Å²) in [5.41, 5.74) is -0.322. The molecule has 0 saturated carbocycles. The van der Waals surface area contributed by atoms with E-state index in [4.69, 9.17) is 9.84 Å². The van der Waals surface area contributed by atoms with E-state index in [1.807, 2.05) is 0 Å². The molecule has 1 aromatic rings. The molecule has 0 saturated heterocycles. The number of aryl methyl sites for hydroxylation is 1. The molecule has 0 bridgehead atoms. The molecule has 1 unspecified atom stereocenters. The van der Waals surface area contributed by atoms with Crippen molar-refractivity contribution in [2.24, 2.45) is 0 Å². The summed E-state index contributed by atoms with van der Waals surface area (Å²) in [6, 6.07) is 3.72. The Hall–Kier alpha value is -2.25. The molecule has 0 heterocycles. The topological polar surface area (TPSA) is 75.6 Å². The number of alkyl halides is 3. The highest BCUT2D eigenvalue weighted by atomic mass is 19.4. The van der Waals surface area contributed by atoms with E-state index in [9.17, 15) is 22.8 Å². The van der Waals surface area contributed by atoms with Crippen LogP contribution in [0.2, 0.25) is 0 Å². The molecule has 2 N–H and O–H groups in total. The number of anilines is 1. The fraction of sp³-hybridized carbons (Fsp3) is 0.500. The van der Waals surface area contributed by atoms with Crippen LogP contribution >= 0.6 is 0 Å². The molecule has 24 heavy (non-hydrogen) atoms. The predicted molar refractivity (Wildman–Crippen MR) is 82.1 cm³/mol. The van der Waals surface area contributed by atoms with Crippen molar-refractivity contribution in [2.75, 3.05) is 5.32 Å². The number of carboxylic acid groups (broad SMARTS) is 1. The van der Waals surface area contributed by atoms with Crippen molar-refractivity contribution in [3.63, 3.8) is 0 Å². The molecule has 1 atom stereocenters. The maximum absolute atomic E-state index is 13.1. The molecular formula is C16H20F3NO4. The molecule has 1 aromatic carbocycles. The third kappa shape index (κ3) is 6.10. The molecule has 0 fully saturated rings. The molecule has 0 aliphatic rings. The normalized spacial score (nSPS) is 13.3. The Morgan fingerprint density at radius 1 is 1.25 bits per heavy atom. The van der Waals surface area contributed by atoms with Crippen LogP contribution in [0.3, 0.4) is 0 Å². The van der Waals surface area contributed by atoms with Crippen molar-refractivity contribution >= 4 is 17.7 Å². The number of aliphatic carboxylic acids is 1. The molecule has 8 heteroatoms. The number of hydrogen-bond acceptors (Lipinski definition) is 3. The number of carboxylic acids is 1. The number of amides is 1. The van der Waals surface area contributed by atoms with Gasteiger partial charge in [-0.25, -0.2) is 4.79 Å². The Kier molecular flexibility index (Phi) is 5.86. The molecule has 0 spiro atoms. The number of nitrogens with one attached hydrogen (secondary N) is 1. The second kappa shape index (κ2) is 7.11. The van der Waals surface area contributed by atoms with Crippen LogP contribution in [-0.4, -0.2) is 28.9 Å². The van der Waals surface area contributed by atoms with Gasteiger partial charge in [-0.2, -0.15) is 13.2 Å². The monoisotopic (exact) mass is 347 g/mol. The minimum Gasteiger partial charge on any atom is -0.481 e. The van der Waals surface area contributed by atoms with Crippen LogP contribution in [0.25, 0.3) is 0 Å². The number of carbonyl (C=O) groups is 2. The Labute approximate surface area is 137 Å². The molecule has 0 radical (unpaired) electrons. The van der Waals surface area contributed by atoms with Gasteiger partial charge in [0.2, 0.25) is 0 Å². The minimum atomic E-state index is -4.71. The number of carbonyl (C=O) groups excluding carboxylic acids is 1. The van der Waals surface area contributed by atoms with Gasteiger partial charge >= 0.3 is 18.2 Å². The zero-order valence-corrected chi connectivity index (χ0v) is 13.8. The van der Waals surface area contributed by atoms with Crippen molar-refractivity contribution in [3.05, 3.63) is 29.3 Å². The van der Waals surface area contributed by atoms with Crippen LogP contribution in [0, 0.1) is 6.92 Å². The summed E-state index contributed by atoms with van der Waals surface area (Å²) in [7, 11) is 0. The lowest BCUT2D eigenvalue weighted by molar-refractivity contribution is -0.163. The first-order valence-corrected chi connectivity index (χ1v) is 7.18. The summed E-state index contributed by atoms with van der Waals surface area (Å²) in [5, 5.41) is 11.1. The van der Waals surface area contributed by atoms with Crippen LogP contribution in [0.4, 0.5) is 23.7 Å². The highest BCUT2D eigenvalue weighted by Gasteiger charge is 2.42. The van der Waals surface area contributed by atoms with Crippen LogP contribution in [0.5, 0.6) is 0 Å². The van der Waals surface area contributed by atoms with E-state index in [1.165, 1.54) is 12.1 Å². The molecule has 1 amide bonds. The lowest BCUT2D eigenvalue weighted by atomic mass is 9.93.